The number of halogens is 1. The molecule has 2 aromatic carbocycles. The Labute approximate surface area is 106 Å². The second-order valence-corrected chi connectivity index (χ2v) is 4.29. The van der Waals surface area contributed by atoms with Gasteiger partial charge in [-0.3, -0.25) is 0 Å². The fourth-order valence-electron chi connectivity index (χ4n) is 1.84. The topological polar surface area (TPSA) is 32.3 Å². The minimum Gasteiger partial charge on any atom is -0.508 e. The standard InChI is InChI=1S/C15H16FNO/c1-11(14-8-7-13(18)9-15(14)16)17-10-12-5-3-2-4-6-12/h2-9,11,17-18H,10H2,1H3. The molecule has 0 radical (unpaired) electrons. The first-order valence-corrected chi connectivity index (χ1v) is 5.92. The van der Waals surface area contributed by atoms with E-state index < -0.39 is 0 Å². The number of nitrogens with one attached hydrogen (secondary N) is 1. The van der Waals surface area contributed by atoms with Crippen LogP contribution in [0.2, 0.25) is 0 Å². The first-order chi connectivity index (χ1) is 8.66. The molecule has 0 heterocycles. The van der Waals surface area contributed by atoms with E-state index in [4.69, 9.17) is 5.11 Å². The van der Waals surface area contributed by atoms with Crippen molar-refractivity contribution in [2.75, 3.05) is 0 Å². The van der Waals surface area contributed by atoms with Crippen LogP contribution in [0, 0.1) is 5.82 Å². The molecule has 0 amide bonds. The van der Waals surface area contributed by atoms with E-state index in [-0.39, 0.29) is 17.6 Å². The maximum Gasteiger partial charge on any atom is 0.131 e. The van der Waals surface area contributed by atoms with Gasteiger partial charge in [0.1, 0.15) is 11.6 Å². The van der Waals surface area contributed by atoms with Crippen molar-refractivity contribution in [2.45, 2.75) is 19.5 Å². The Hall–Kier alpha value is -1.87. The van der Waals surface area contributed by atoms with E-state index in [2.05, 4.69) is 5.32 Å². The van der Waals surface area contributed by atoms with Crippen LogP contribution in [0.25, 0.3) is 0 Å². The number of benzene rings is 2. The maximum atomic E-state index is 13.6. The molecule has 0 aliphatic rings. The Morgan fingerprint density at radius 2 is 1.89 bits per heavy atom. The number of aromatic hydroxyl groups is 1. The molecule has 1 atom stereocenters. The van der Waals surface area contributed by atoms with Gasteiger partial charge in [0.15, 0.2) is 0 Å². The van der Waals surface area contributed by atoms with Crippen LogP contribution < -0.4 is 5.32 Å². The van der Waals surface area contributed by atoms with Crippen molar-refractivity contribution in [1.82, 2.24) is 5.32 Å². The highest BCUT2D eigenvalue weighted by Gasteiger charge is 2.10. The normalized spacial score (nSPS) is 12.3. The van der Waals surface area contributed by atoms with E-state index in [1.54, 1.807) is 6.07 Å². The fraction of sp³-hybridized carbons (Fsp3) is 0.200. The summed E-state index contributed by atoms with van der Waals surface area (Å²) in [5.74, 6) is -0.436. The van der Waals surface area contributed by atoms with Gasteiger partial charge in [0.2, 0.25) is 0 Å². The minimum atomic E-state index is -0.386. The van der Waals surface area contributed by atoms with Gasteiger partial charge in [-0.15, -0.1) is 0 Å². The number of phenols is 1. The van der Waals surface area contributed by atoms with Gasteiger partial charge in [0.05, 0.1) is 0 Å². The van der Waals surface area contributed by atoms with Crippen LogP contribution in [0.15, 0.2) is 48.5 Å². The third kappa shape index (κ3) is 3.08. The van der Waals surface area contributed by atoms with Crippen LogP contribution in [0.1, 0.15) is 24.1 Å². The monoisotopic (exact) mass is 245 g/mol. The molecule has 1 unspecified atom stereocenters. The Morgan fingerprint density at radius 3 is 2.56 bits per heavy atom. The van der Waals surface area contributed by atoms with Crippen LogP contribution in [0.5, 0.6) is 5.75 Å². The summed E-state index contributed by atoms with van der Waals surface area (Å²) in [5, 5.41) is 12.4. The summed E-state index contributed by atoms with van der Waals surface area (Å²) < 4.78 is 13.6. The van der Waals surface area contributed by atoms with Crippen LogP contribution in [-0.4, -0.2) is 5.11 Å². The SMILES string of the molecule is CC(NCc1ccccc1)c1ccc(O)cc1F. The van der Waals surface area contributed by atoms with Gasteiger partial charge in [-0.25, -0.2) is 4.39 Å². The van der Waals surface area contributed by atoms with E-state index in [0.717, 1.165) is 11.6 Å². The molecule has 0 saturated heterocycles. The highest BCUT2D eigenvalue weighted by molar-refractivity contribution is 5.29. The number of hydrogen-bond acceptors (Lipinski definition) is 2. The van der Waals surface area contributed by atoms with E-state index in [1.807, 2.05) is 37.3 Å². The number of hydrogen-bond donors (Lipinski definition) is 2. The van der Waals surface area contributed by atoms with Crippen molar-refractivity contribution < 1.29 is 9.50 Å². The van der Waals surface area contributed by atoms with Crippen molar-refractivity contribution in [3.8, 4) is 5.75 Å². The van der Waals surface area contributed by atoms with E-state index in [0.29, 0.717) is 12.1 Å². The van der Waals surface area contributed by atoms with Gasteiger partial charge in [-0.1, -0.05) is 36.4 Å². The van der Waals surface area contributed by atoms with Crippen LogP contribution in [0.3, 0.4) is 0 Å². The molecule has 18 heavy (non-hydrogen) atoms. The summed E-state index contributed by atoms with van der Waals surface area (Å²) in [6.45, 7) is 2.58. The Balaban J connectivity index is 2.01. The lowest BCUT2D eigenvalue weighted by molar-refractivity contribution is 0.463. The predicted molar refractivity (Wildman–Crippen MR) is 69.8 cm³/mol. The molecule has 0 aromatic heterocycles. The second-order valence-electron chi connectivity index (χ2n) is 4.29. The highest BCUT2D eigenvalue weighted by atomic mass is 19.1. The minimum absolute atomic E-state index is 0.0495. The number of phenolic OH excluding ortho intramolecular Hbond substituents is 1. The summed E-state index contributed by atoms with van der Waals surface area (Å²) >= 11 is 0. The third-order valence-corrected chi connectivity index (χ3v) is 2.91. The molecule has 3 heteroatoms. The van der Waals surface area contributed by atoms with Crippen LogP contribution >= 0.6 is 0 Å². The molecule has 0 bridgehead atoms. The van der Waals surface area contributed by atoms with Gasteiger partial charge in [-0.05, 0) is 18.6 Å². The van der Waals surface area contributed by atoms with Crippen molar-refractivity contribution >= 4 is 0 Å². The summed E-state index contributed by atoms with van der Waals surface area (Å²) in [6, 6.07) is 14.1. The molecule has 0 fully saturated rings. The van der Waals surface area contributed by atoms with Crippen LogP contribution in [0.4, 0.5) is 4.39 Å². The van der Waals surface area contributed by atoms with E-state index in [1.165, 1.54) is 6.07 Å². The first-order valence-electron chi connectivity index (χ1n) is 5.92. The summed E-state index contributed by atoms with van der Waals surface area (Å²) in [4.78, 5) is 0. The molecular formula is C15H16FNO. The summed E-state index contributed by atoms with van der Waals surface area (Å²) in [7, 11) is 0. The molecule has 0 saturated carbocycles. The van der Waals surface area contributed by atoms with E-state index >= 15 is 0 Å². The molecule has 0 aliphatic heterocycles. The highest BCUT2D eigenvalue weighted by Crippen LogP contribution is 2.21. The smallest absolute Gasteiger partial charge is 0.131 e. The summed E-state index contributed by atoms with van der Waals surface area (Å²) in [5.41, 5.74) is 1.72. The molecule has 2 rings (SSSR count). The molecule has 94 valence electrons. The van der Waals surface area contributed by atoms with Crippen molar-refractivity contribution in [3.63, 3.8) is 0 Å². The zero-order valence-electron chi connectivity index (χ0n) is 10.2. The molecule has 2 aromatic rings. The number of rotatable bonds is 4. The molecular weight excluding hydrogens is 229 g/mol. The predicted octanol–water partition coefficient (Wildman–Crippen LogP) is 3.38. The Bertz CT molecular complexity index is 513. The second kappa shape index (κ2) is 5.65. The lowest BCUT2D eigenvalue weighted by atomic mass is 10.1. The quantitative estimate of drug-likeness (QED) is 0.865. The zero-order valence-corrected chi connectivity index (χ0v) is 10.2. The lowest BCUT2D eigenvalue weighted by Gasteiger charge is -2.15. The van der Waals surface area contributed by atoms with Crippen LogP contribution in [-0.2, 0) is 6.54 Å². The van der Waals surface area contributed by atoms with Gasteiger partial charge in [0, 0.05) is 24.2 Å². The van der Waals surface area contributed by atoms with Crippen molar-refractivity contribution in [3.05, 3.63) is 65.5 Å². The Kier molecular flexibility index (Phi) is 3.95. The lowest BCUT2D eigenvalue weighted by Crippen LogP contribution is -2.19. The fourth-order valence-corrected chi connectivity index (χ4v) is 1.84. The molecule has 2 N–H and O–H groups in total. The average molecular weight is 245 g/mol. The summed E-state index contributed by atoms with van der Waals surface area (Å²) in [6.07, 6.45) is 0. The zero-order chi connectivity index (χ0) is 13.0. The molecule has 2 nitrogen and oxygen atoms in total. The maximum absolute atomic E-state index is 13.6. The third-order valence-electron chi connectivity index (χ3n) is 2.91. The first kappa shape index (κ1) is 12.6. The van der Waals surface area contributed by atoms with Crippen molar-refractivity contribution in [2.24, 2.45) is 0 Å². The van der Waals surface area contributed by atoms with E-state index in [9.17, 15) is 4.39 Å². The molecule has 0 aliphatic carbocycles. The van der Waals surface area contributed by atoms with Gasteiger partial charge in [0.25, 0.3) is 0 Å². The average Bonchev–Trinajstić information content (AvgIpc) is 2.37. The largest absolute Gasteiger partial charge is 0.508 e. The Morgan fingerprint density at radius 1 is 1.17 bits per heavy atom. The van der Waals surface area contributed by atoms with Crippen molar-refractivity contribution in [1.29, 1.82) is 0 Å². The van der Waals surface area contributed by atoms with Gasteiger partial charge >= 0.3 is 0 Å². The van der Waals surface area contributed by atoms with Gasteiger partial charge in [-0.2, -0.15) is 0 Å². The van der Waals surface area contributed by atoms with Gasteiger partial charge < -0.3 is 10.4 Å². The molecule has 0 spiro atoms.